The summed E-state index contributed by atoms with van der Waals surface area (Å²) < 4.78 is 1.93. The lowest BCUT2D eigenvalue weighted by Crippen LogP contribution is -2.11. The molecule has 38 heavy (non-hydrogen) atoms. The van der Waals surface area contributed by atoms with Crippen molar-refractivity contribution in [3.63, 3.8) is 0 Å². The van der Waals surface area contributed by atoms with E-state index in [-0.39, 0.29) is 17.0 Å². The molecule has 0 aliphatic heterocycles. The first-order chi connectivity index (χ1) is 18.7. The Hall–Kier alpha value is -5.54. The SMILES string of the molecule is N#C/C(=C\c1ccc(-n2nc(-c3ccccc3)cc2-c2ccccc2)cc1)c1nc(=O)c2ccccc2[nH]1. The zero-order valence-corrected chi connectivity index (χ0v) is 20.2. The zero-order valence-electron chi connectivity index (χ0n) is 20.2. The number of aromatic nitrogens is 4. The lowest BCUT2D eigenvalue weighted by molar-refractivity contribution is 0.892. The predicted octanol–water partition coefficient (Wildman–Crippen LogP) is 6.51. The van der Waals surface area contributed by atoms with Crippen molar-refractivity contribution in [2.24, 2.45) is 0 Å². The minimum Gasteiger partial charge on any atom is -0.338 e. The summed E-state index contributed by atoms with van der Waals surface area (Å²) in [5.74, 6) is 0.242. The van der Waals surface area contributed by atoms with Gasteiger partial charge in [0.1, 0.15) is 6.07 Å². The van der Waals surface area contributed by atoms with Crippen molar-refractivity contribution in [2.45, 2.75) is 0 Å². The molecule has 0 atom stereocenters. The number of para-hydroxylation sites is 1. The van der Waals surface area contributed by atoms with Crippen LogP contribution in [0.3, 0.4) is 0 Å². The van der Waals surface area contributed by atoms with E-state index in [9.17, 15) is 10.1 Å². The van der Waals surface area contributed by atoms with Gasteiger partial charge in [0.2, 0.25) is 0 Å². The number of allylic oxidation sites excluding steroid dienone is 1. The van der Waals surface area contributed by atoms with Gasteiger partial charge in [-0.15, -0.1) is 0 Å². The van der Waals surface area contributed by atoms with Crippen molar-refractivity contribution in [2.75, 3.05) is 0 Å². The fourth-order valence-corrected chi connectivity index (χ4v) is 4.40. The van der Waals surface area contributed by atoms with Gasteiger partial charge < -0.3 is 4.98 Å². The number of rotatable bonds is 5. The van der Waals surface area contributed by atoms with Crippen molar-refractivity contribution < 1.29 is 0 Å². The first-order valence-corrected chi connectivity index (χ1v) is 12.1. The fourth-order valence-electron chi connectivity index (χ4n) is 4.40. The van der Waals surface area contributed by atoms with Crippen LogP contribution in [0.1, 0.15) is 11.4 Å². The van der Waals surface area contributed by atoms with E-state index in [1.54, 1.807) is 24.3 Å². The van der Waals surface area contributed by atoms with E-state index in [4.69, 9.17) is 5.10 Å². The summed E-state index contributed by atoms with van der Waals surface area (Å²) in [5.41, 5.74) is 6.19. The average Bonchev–Trinajstić information content (AvgIpc) is 3.43. The number of aromatic amines is 1. The Kier molecular flexibility index (Phi) is 5.93. The minimum absolute atomic E-state index is 0.242. The zero-order chi connectivity index (χ0) is 25.9. The molecule has 0 amide bonds. The van der Waals surface area contributed by atoms with E-state index in [2.05, 4.69) is 34.2 Å². The Morgan fingerprint density at radius 2 is 1.47 bits per heavy atom. The van der Waals surface area contributed by atoms with Gasteiger partial charge in [-0.2, -0.15) is 15.3 Å². The third kappa shape index (κ3) is 4.41. The highest BCUT2D eigenvalue weighted by atomic mass is 16.1. The Labute approximate surface area is 218 Å². The molecule has 6 heteroatoms. The largest absolute Gasteiger partial charge is 0.338 e. The van der Waals surface area contributed by atoms with E-state index in [1.807, 2.05) is 83.5 Å². The summed E-state index contributed by atoms with van der Waals surface area (Å²) in [7, 11) is 0. The molecule has 0 aliphatic rings. The molecule has 0 saturated heterocycles. The molecule has 0 unspecified atom stereocenters. The quantitative estimate of drug-likeness (QED) is 0.279. The van der Waals surface area contributed by atoms with Crippen LogP contribution >= 0.6 is 0 Å². The topological polar surface area (TPSA) is 87.4 Å². The molecular weight excluding hydrogens is 470 g/mol. The van der Waals surface area contributed by atoms with Gasteiger partial charge in [-0.1, -0.05) is 84.9 Å². The van der Waals surface area contributed by atoms with Crippen LogP contribution < -0.4 is 5.56 Å². The van der Waals surface area contributed by atoms with Crippen molar-refractivity contribution >= 4 is 22.6 Å². The molecule has 4 aromatic carbocycles. The van der Waals surface area contributed by atoms with Crippen LogP contribution in [0.5, 0.6) is 0 Å². The number of hydrogen-bond acceptors (Lipinski definition) is 4. The highest BCUT2D eigenvalue weighted by molar-refractivity contribution is 5.89. The van der Waals surface area contributed by atoms with Crippen LogP contribution in [-0.2, 0) is 0 Å². The third-order valence-corrected chi connectivity index (χ3v) is 6.30. The second kappa shape index (κ2) is 9.84. The number of hydrogen-bond donors (Lipinski definition) is 1. The predicted molar refractivity (Wildman–Crippen MR) is 150 cm³/mol. The van der Waals surface area contributed by atoms with Crippen LogP contribution in [0.15, 0.2) is 120 Å². The first-order valence-electron chi connectivity index (χ1n) is 12.1. The number of fused-ring (bicyclic) bond motifs is 1. The Balaban J connectivity index is 1.39. The second-order valence-electron chi connectivity index (χ2n) is 8.76. The molecule has 1 N–H and O–H groups in total. The van der Waals surface area contributed by atoms with Crippen LogP contribution in [0.2, 0.25) is 0 Å². The molecule has 2 heterocycles. The van der Waals surface area contributed by atoms with Gasteiger partial charge >= 0.3 is 0 Å². The monoisotopic (exact) mass is 491 g/mol. The Bertz CT molecular complexity index is 1880. The Morgan fingerprint density at radius 1 is 0.816 bits per heavy atom. The maximum Gasteiger partial charge on any atom is 0.281 e. The summed E-state index contributed by atoms with van der Waals surface area (Å²) in [5, 5.41) is 15.2. The standard InChI is InChI=1S/C32H21N5O/c33-21-25(31-34-28-14-8-7-13-27(28)32(38)35-31)19-22-15-17-26(18-16-22)37-30(24-11-5-2-6-12-24)20-29(36-37)23-9-3-1-4-10-23/h1-20H,(H,34,35,38)/b25-19+. The van der Waals surface area contributed by atoms with Gasteiger partial charge in [-0.3, -0.25) is 4.79 Å². The number of nitrogens with one attached hydrogen (secondary N) is 1. The molecule has 6 rings (SSSR count). The summed E-state index contributed by atoms with van der Waals surface area (Å²) in [6, 6.07) is 39.4. The molecule has 0 radical (unpaired) electrons. The number of nitrogens with zero attached hydrogens (tertiary/aromatic N) is 4. The molecule has 0 saturated carbocycles. The van der Waals surface area contributed by atoms with Gasteiger partial charge in [0.25, 0.3) is 5.56 Å². The molecule has 0 fully saturated rings. The highest BCUT2D eigenvalue weighted by Crippen LogP contribution is 2.29. The van der Waals surface area contributed by atoms with Gasteiger partial charge in [0, 0.05) is 11.1 Å². The third-order valence-electron chi connectivity index (χ3n) is 6.30. The lowest BCUT2D eigenvalue weighted by atomic mass is 10.1. The van der Waals surface area contributed by atoms with Gasteiger partial charge in [0.05, 0.1) is 33.6 Å². The minimum atomic E-state index is -0.368. The summed E-state index contributed by atoms with van der Waals surface area (Å²) >= 11 is 0. The maximum absolute atomic E-state index is 12.4. The van der Waals surface area contributed by atoms with Gasteiger partial charge in [-0.25, -0.2) is 4.68 Å². The van der Waals surface area contributed by atoms with Crippen molar-refractivity contribution in [3.8, 4) is 34.3 Å². The van der Waals surface area contributed by atoms with Crippen LogP contribution in [0.25, 0.3) is 50.8 Å². The number of H-pyrrole nitrogens is 1. The smallest absolute Gasteiger partial charge is 0.281 e. The van der Waals surface area contributed by atoms with Crippen molar-refractivity contribution in [3.05, 3.63) is 137 Å². The van der Waals surface area contributed by atoms with Gasteiger partial charge in [-0.05, 0) is 42.0 Å². The highest BCUT2D eigenvalue weighted by Gasteiger charge is 2.13. The normalized spacial score (nSPS) is 11.4. The number of benzene rings is 4. The molecule has 6 nitrogen and oxygen atoms in total. The average molecular weight is 492 g/mol. The fraction of sp³-hybridized carbons (Fsp3) is 0. The van der Waals surface area contributed by atoms with Crippen molar-refractivity contribution in [1.29, 1.82) is 5.26 Å². The maximum atomic E-state index is 12.4. The van der Waals surface area contributed by atoms with E-state index in [0.29, 0.717) is 10.9 Å². The van der Waals surface area contributed by atoms with E-state index >= 15 is 0 Å². The summed E-state index contributed by atoms with van der Waals surface area (Å²) in [6.45, 7) is 0. The van der Waals surface area contributed by atoms with E-state index < -0.39 is 0 Å². The molecule has 0 spiro atoms. The molecular formula is C32H21N5O. The molecule has 0 aliphatic carbocycles. The van der Waals surface area contributed by atoms with Crippen LogP contribution in [0, 0.1) is 11.3 Å². The van der Waals surface area contributed by atoms with Crippen LogP contribution in [0.4, 0.5) is 0 Å². The molecule has 2 aromatic heterocycles. The second-order valence-corrected chi connectivity index (χ2v) is 8.76. The molecule has 0 bridgehead atoms. The van der Waals surface area contributed by atoms with E-state index in [1.165, 1.54) is 0 Å². The lowest BCUT2D eigenvalue weighted by Gasteiger charge is -2.08. The molecule has 6 aromatic rings. The summed E-state index contributed by atoms with van der Waals surface area (Å²) in [4.78, 5) is 19.6. The molecule has 180 valence electrons. The van der Waals surface area contributed by atoms with Crippen LogP contribution in [-0.4, -0.2) is 19.7 Å². The Morgan fingerprint density at radius 3 is 2.18 bits per heavy atom. The first kappa shape index (κ1) is 22.9. The number of nitriles is 1. The summed E-state index contributed by atoms with van der Waals surface area (Å²) in [6.07, 6.45) is 1.72. The van der Waals surface area contributed by atoms with Crippen molar-refractivity contribution in [1.82, 2.24) is 19.7 Å². The van der Waals surface area contributed by atoms with Gasteiger partial charge in [0.15, 0.2) is 5.82 Å². The van der Waals surface area contributed by atoms with E-state index in [0.717, 1.165) is 33.8 Å².